The molecule has 0 amide bonds. The SMILES string of the molecule is Cc1cccnc1CN(C)CC(=O)O. The van der Waals surface area contributed by atoms with Crippen LogP contribution in [0, 0.1) is 6.92 Å². The van der Waals surface area contributed by atoms with Crippen molar-refractivity contribution in [3.63, 3.8) is 0 Å². The molecule has 0 unspecified atom stereocenters. The van der Waals surface area contributed by atoms with Crippen molar-refractivity contribution in [3.05, 3.63) is 29.6 Å². The minimum Gasteiger partial charge on any atom is -0.480 e. The second kappa shape index (κ2) is 4.72. The quantitative estimate of drug-likeness (QED) is 0.774. The van der Waals surface area contributed by atoms with E-state index in [0.717, 1.165) is 11.3 Å². The van der Waals surface area contributed by atoms with E-state index in [2.05, 4.69) is 4.98 Å². The Morgan fingerprint density at radius 3 is 2.93 bits per heavy atom. The fourth-order valence-electron chi connectivity index (χ4n) is 1.23. The van der Waals surface area contributed by atoms with Crippen molar-refractivity contribution in [1.82, 2.24) is 9.88 Å². The number of pyridine rings is 1. The Hall–Kier alpha value is -1.42. The first kappa shape index (κ1) is 10.7. The number of hydrogen-bond donors (Lipinski definition) is 1. The van der Waals surface area contributed by atoms with Gasteiger partial charge in [0.15, 0.2) is 0 Å². The predicted octanol–water partition coefficient (Wildman–Crippen LogP) is 0.906. The van der Waals surface area contributed by atoms with Crippen molar-refractivity contribution < 1.29 is 9.90 Å². The standard InChI is InChI=1S/C10H14N2O2/c1-8-4-3-5-11-9(8)6-12(2)7-10(13)14/h3-5H,6-7H2,1-2H3,(H,13,14). The number of carboxylic acid groups (broad SMARTS) is 1. The van der Waals surface area contributed by atoms with Crippen LogP contribution in [0.2, 0.25) is 0 Å². The molecule has 1 heterocycles. The molecule has 0 saturated carbocycles. The second-order valence-corrected chi connectivity index (χ2v) is 3.33. The monoisotopic (exact) mass is 194 g/mol. The zero-order chi connectivity index (χ0) is 10.6. The zero-order valence-corrected chi connectivity index (χ0v) is 8.40. The molecule has 1 N–H and O–H groups in total. The highest BCUT2D eigenvalue weighted by atomic mass is 16.4. The van der Waals surface area contributed by atoms with Crippen LogP contribution in [-0.4, -0.2) is 34.6 Å². The van der Waals surface area contributed by atoms with E-state index in [0.29, 0.717) is 6.54 Å². The fourth-order valence-corrected chi connectivity index (χ4v) is 1.23. The van der Waals surface area contributed by atoms with Crippen LogP contribution in [-0.2, 0) is 11.3 Å². The van der Waals surface area contributed by atoms with Crippen LogP contribution in [0.4, 0.5) is 0 Å². The van der Waals surface area contributed by atoms with Gasteiger partial charge in [0.25, 0.3) is 0 Å². The summed E-state index contributed by atoms with van der Waals surface area (Å²) in [6.07, 6.45) is 1.72. The van der Waals surface area contributed by atoms with Gasteiger partial charge in [-0.1, -0.05) is 6.07 Å². The van der Waals surface area contributed by atoms with E-state index in [1.807, 2.05) is 19.1 Å². The van der Waals surface area contributed by atoms with E-state index in [-0.39, 0.29) is 6.54 Å². The third kappa shape index (κ3) is 3.14. The Balaban J connectivity index is 2.60. The Morgan fingerprint density at radius 2 is 2.36 bits per heavy atom. The van der Waals surface area contributed by atoms with E-state index < -0.39 is 5.97 Å². The average Bonchev–Trinajstić information content (AvgIpc) is 2.07. The molecule has 76 valence electrons. The van der Waals surface area contributed by atoms with Gasteiger partial charge in [0.1, 0.15) is 0 Å². The Kier molecular flexibility index (Phi) is 3.59. The van der Waals surface area contributed by atoms with Crippen molar-refractivity contribution in [2.24, 2.45) is 0 Å². The average molecular weight is 194 g/mol. The molecule has 1 rings (SSSR count). The first-order valence-corrected chi connectivity index (χ1v) is 4.40. The molecule has 0 saturated heterocycles. The molecule has 0 fully saturated rings. The lowest BCUT2D eigenvalue weighted by Gasteiger charge is -2.14. The van der Waals surface area contributed by atoms with Gasteiger partial charge in [-0.3, -0.25) is 14.7 Å². The summed E-state index contributed by atoms with van der Waals surface area (Å²) in [6, 6.07) is 3.84. The van der Waals surface area contributed by atoms with Crippen molar-refractivity contribution in [1.29, 1.82) is 0 Å². The fraction of sp³-hybridized carbons (Fsp3) is 0.400. The molecule has 0 atom stereocenters. The highest BCUT2D eigenvalue weighted by Gasteiger charge is 2.06. The maximum Gasteiger partial charge on any atom is 0.317 e. The van der Waals surface area contributed by atoms with Crippen molar-refractivity contribution in [3.8, 4) is 0 Å². The maximum atomic E-state index is 10.4. The number of likely N-dealkylation sites (N-methyl/N-ethyl adjacent to an activating group) is 1. The molecular weight excluding hydrogens is 180 g/mol. The maximum absolute atomic E-state index is 10.4. The summed E-state index contributed by atoms with van der Waals surface area (Å²) >= 11 is 0. The summed E-state index contributed by atoms with van der Waals surface area (Å²) < 4.78 is 0. The zero-order valence-electron chi connectivity index (χ0n) is 8.40. The number of rotatable bonds is 4. The first-order chi connectivity index (χ1) is 6.59. The molecule has 4 nitrogen and oxygen atoms in total. The third-order valence-corrected chi connectivity index (χ3v) is 1.94. The minimum absolute atomic E-state index is 0.0377. The van der Waals surface area contributed by atoms with E-state index in [9.17, 15) is 4.79 Å². The predicted molar refractivity (Wildman–Crippen MR) is 52.9 cm³/mol. The van der Waals surface area contributed by atoms with Crippen LogP contribution < -0.4 is 0 Å². The lowest BCUT2D eigenvalue weighted by molar-refractivity contribution is -0.138. The van der Waals surface area contributed by atoms with E-state index in [1.54, 1.807) is 18.1 Å². The Bertz CT molecular complexity index is 326. The van der Waals surface area contributed by atoms with Crippen molar-refractivity contribution in [2.45, 2.75) is 13.5 Å². The van der Waals surface area contributed by atoms with E-state index in [4.69, 9.17) is 5.11 Å². The summed E-state index contributed by atoms with van der Waals surface area (Å²) in [5, 5.41) is 8.57. The van der Waals surface area contributed by atoms with Gasteiger partial charge in [-0.25, -0.2) is 0 Å². The number of nitrogens with zero attached hydrogens (tertiary/aromatic N) is 2. The number of hydrogen-bond acceptors (Lipinski definition) is 3. The number of aryl methyl sites for hydroxylation is 1. The summed E-state index contributed by atoms with van der Waals surface area (Å²) in [7, 11) is 1.77. The molecular formula is C10H14N2O2. The number of carboxylic acids is 1. The first-order valence-electron chi connectivity index (χ1n) is 4.40. The molecule has 0 spiro atoms. The lowest BCUT2D eigenvalue weighted by Crippen LogP contribution is -2.25. The highest BCUT2D eigenvalue weighted by Crippen LogP contribution is 2.05. The summed E-state index contributed by atoms with van der Waals surface area (Å²) in [5.41, 5.74) is 2.01. The van der Waals surface area contributed by atoms with Crippen LogP contribution >= 0.6 is 0 Å². The summed E-state index contributed by atoms with van der Waals surface area (Å²) in [6.45, 7) is 2.58. The molecule has 1 aromatic heterocycles. The van der Waals surface area contributed by atoms with Crippen LogP contribution in [0.25, 0.3) is 0 Å². The van der Waals surface area contributed by atoms with Gasteiger partial charge in [0.2, 0.25) is 0 Å². The van der Waals surface area contributed by atoms with Crippen molar-refractivity contribution >= 4 is 5.97 Å². The van der Waals surface area contributed by atoms with Gasteiger partial charge in [0.05, 0.1) is 12.2 Å². The van der Waals surface area contributed by atoms with Gasteiger partial charge < -0.3 is 5.11 Å². The molecule has 14 heavy (non-hydrogen) atoms. The van der Waals surface area contributed by atoms with E-state index in [1.165, 1.54) is 0 Å². The van der Waals surface area contributed by atoms with Crippen LogP contribution in [0.1, 0.15) is 11.3 Å². The van der Waals surface area contributed by atoms with Crippen LogP contribution in [0.5, 0.6) is 0 Å². The van der Waals surface area contributed by atoms with Crippen LogP contribution in [0.3, 0.4) is 0 Å². The van der Waals surface area contributed by atoms with Crippen molar-refractivity contribution in [2.75, 3.05) is 13.6 Å². The highest BCUT2D eigenvalue weighted by molar-refractivity contribution is 5.69. The third-order valence-electron chi connectivity index (χ3n) is 1.94. The number of aliphatic carboxylic acids is 1. The molecule has 0 aliphatic carbocycles. The Labute approximate surface area is 83.2 Å². The summed E-state index contributed by atoms with van der Waals surface area (Å²) in [4.78, 5) is 16.3. The normalized spacial score (nSPS) is 10.5. The molecule has 0 aromatic carbocycles. The lowest BCUT2D eigenvalue weighted by atomic mass is 10.2. The van der Waals surface area contributed by atoms with Gasteiger partial charge in [-0.05, 0) is 25.6 Å². The largest absolute Gasteiger partial charge is 0.480 e. The topological polar surface area (TPSA) is 53.4 Å². The number of aromatic nitrogens is 1. The molecule has 4 heteroatoms. The second-order valence-electron chi connectivity index (χ2n) is 3.33. The molecule has 0 aliphatic rings. The Morgan fingerprint density at radius 1 is 1.64 bits per heavy atom. The van der Waals surface area contributed by atoms with Gasteiger partial charge in [0, 0.05) is 12.7 Å². The molecule has 1 aromatic rings. The molecule has 0 bridgehead atoms. The van der Waals surface area contributed by atoms with E-state index >= 15 is 0 Å². The summed E-state index contributed by atoms with van der Waals surface area (Å²) in [5.74, 6) is -0.818. The molecule has 0 radical (unpaired) electrons. The minimum atomic E-state index is -0.818. The van der Waals surface area contributed by atoms with Gasteiger partial charge in [-0.15, -0.1) is 0 Å². The molecule has 0 aliphatic heterocycles. The van der Waals surface area contributed by atoms with Gasteiger partial charge >= 0.3 is 5.97 Å². The number of carbonyl (C=O) groups is 1. The smallest absolute Gasteiger partial charge is 0.317 e. The van der Waals surface area contributed by atoms with Crippen LogP contribution in [0.15, 0.2) is 18.3 Å². The van der Waals surface area contributed by atoms with Gasteiger partial charge in [-0.2, -0.15) is 0 Å².